The first kappa shape index (κ1) is 11.3. The zero-order valence-electron chi connectivity index (χ0n) is 9.90. The second kappa shape index (κ2) is 5.21. The lowest BCUT2D eigenvalue weighted by molar-refractivity contribution is 0.173. The molecule has 1 N–H and O–H groups in total. The smallest absolute Gasteiger partial charge is 0.161 e. The highest BCUT2D eigenvalue weighted by atomic mass is 16.5. The minimum Gasteiger partial charge on any atom is -0.493 e. The molecule has 0 bridgehead atoms. The number of hydrogen-bond donors (Lipinski definition) is 1. The Hall–Kier alpha value is -1.22. The molecule has 1 aromatic carbocycles. The predicted molar refractivity (Wildman–Crippen MR) is 64.1 cm³/mol. The summed E-state index contributed by atoms with van der Waals surface area (Å²) in [6.45, 7) is 3.21. The van der Waals surface area contributed by atoms with Gasteiger partial charge in [0.25, 0.3) is 0 Å². The van der Waals surface area contributed by atoms with Crippen LogP contribution in [0, 0.1) is 0 Å². The lowest BCUT2D eigenvalue weighted by atomic mass is 10.1. The number of para-hydroxylation sites is 2. The van der Waals surface area contributed by atoms with Crippen LogP contribution in [0.3, 0.4) is 0 Å². The fourth-order valence-corrected chi connectivity index (χ4v) is 2.11. The van der Waals surface area contributed by atoms with Crippen LogP contribution in [0.2, 0.25) is 0 Å². The zero-order chi connectivity index (χ0) is 11.4. The van der Waals surface area contributed by atoms with E-state index in [1.54, 1.807) is 7.11 Å². The van der Waals surface area contributed by atoms with Gasteiger partial charge in [-0.25, -0.2) is 0 Å². The first-order valence-electron chi connectivity index (χ1n) is 5.84. The van der Waals surface area contributed by atoms with E-state index in [1.165, 1.54) is 12.8 Å². The summed E-state index contributed by atoms with van der Waals surface area (Å²) in [5.74, 6) is 1.62. The summed E-state index contributed by atoms with van der Waals surface area (Å²) in [6.07, 6.45) is 2.61. The number of hydrogen-bond acceptors (Lipinski definition) is 3. The van der Waals surface area contributed by atoms with Gasteiger partial charge in [-0.05, 0) is 38.4 Å². The van der Waals surface area contributed by atoms with Crippen molar-refractivity contribution in [1.29, 1.82) is 0 Å². The van der Waals surface area contributed by atoms with E-state index >= 15 is 0 Å². The zero-order valence-corrected chi connectivity index (χ0v) is 9.90. The minimum atomic E-state index is 0.179. The topological polar surface area (TPSA) is 30.5 Å². The van der Waals surface area contributed by atoms with Crippen LogP contribution >= 0.6 is 0 Å². The van der Waals surface area contributed by atoms with E-state index in [9.17, 15) is 0 Å². The molecule has 1 saturated heterocycles. The van der Waals surface area contributed by atoms with Crippen molar-refractivity contribution in [3.05, 3.63) is 24.3 Å². The third-order valence-electron chi connectivity index (χ3n) is 3.05. The number of rotatable bonds is 4. The highest BCUT2D eigenvalue weighted by molar-refractivity contribution is 5.39. The molecule has 2 atom stereocenters. The molecule has 0 radical (unpaired) electrons. The van der Waals surface area contributed by atoms with Crippen molar-refractivity contribution < 1.29 is 9.47 Å². The predicted octanol–water partition coefficient (Wildman–Crippen LogP) is 2.21. The van der Waals surface area contributed by atoms with E-state index < -0.39 is 0 Å². The van der Waals surface area contributed by atoms with Gasteiger partial charge in [0.1, 0.15) is 6.10 Å². The van der Waals surface area contributed by atoms with Crippen LogP contribution in [0.1, 0.15) is 19.8 Å². The van der Waals surface area contributed by atoms with Crippen LogP contribution in [0.5, 0.6) is 11.5 Å². The molecule has 3 nitrogen and oxygen atoms in total. The van der Waals surface area contributed by atoms with Gasteiger partial charge in [-0.1, -0.05) is 12.1 Å². The summed E-state index contributed by atoms with van der Waals surface area (Å²) >= 11 is 0. The van der Waals surface area contributed by atoms with E-state index in [0.29, 0.717) is 6.04 Å². The molecule has 0 spiro atoms. The van der Waals surface area contributed by atoms with E-state index in [1.807, 2.05) is 24.3 Å². The van der Waals surface area contributed by atoms with Crippen LogP contribution in [0.4, 0.5) is 0 Å². The molecule has 16 heavy (non-hydrogen) atoms. The summed E-state index contributed by atoms with van der Waals surface area (Å²) in [4.78, 5) is 0. The standard InChI is InChI=1S/C13H19NO2/c1-10(11-6-5-9-14-11)16-13-8-4-3-7-12(13)15-2/h3-4,7-8,10-11,14H,5-6,9H2,1-2H3. The third-order valence-corrected chi connectivity index (χ3v) is 3.05. The lowest BCUT2D eigenvalue weighted by Crippen LogP contribution is -2.36. The quantitative estimate of drug-likeness (QED) is 0.845. The first-order valence-corrected chi connectivity index (χ1v) is 5.84. The summed E-state index contributed by atoms with van der Waals surface area (Å²) < 4.78 is 11.2. The van der Waals surface area contributed by atoms with Crippen LogP contribution < -0.4 is 14.8 Å². The average Bonchev–Trinajstić information content (AvgIpc) is 2.83. The molecule has 1 aliphatic rings. The Morgan fingerprint density at radius 3 is 2.69 bits per heavy atom. The highest BCUT2D eigenvalue weighted by Crippen LogP contribution is 2.28. The highest BCUT2D eigenvalue weighted by Gasteiger charge is 2.22. The van der Waals surface area contributed by atoms with Gasteiger partial charge in [0, 0.05) is 6.04 Å². The second-order valence-corrected chi connectivity index (χ2v) is 4.18. The summed E-state index contributed by atoms with van der Waals surface area (Å²) in [5.41, 5.74) is 0. The molecule has 2 unspecified atom stereocenters. The van der Waals surface area contributed by atoms with Gasteiger partial charge in [-0.15, -0.1) is 0 Å². The molecule has 1 aliphatic heterocycles. The SMILES string of the molecule is COc1ccccc1OC(C)C1CCCN1. The molecule has 3 heteroatoms. The Morgan fingerprint density at radius 1 is 1.31 bits per heavy atom. The van der Waals surface area contributed by atoms with Crippen LogP contribution in [-0.2, 0) is 0 Å². The van der Waals surface area contributed by atoms with Crippen molar-refractivity contribution in [2.24, 2.45) is 0 Å². The molecule has 0 aliphatic carbocycles. The van der Waals surface area contributed by atoms with E-state index in [-0.39, 0.29) is 6.10 Å². The van der Waals surface area contributed by atoms with Crippen molar-refractivity contribution in [3.63, 3.8) is 0 Å². The van der Waals surface area contributed by atoms with Gasteiger partial charge >= 0.3 is 0 Å². The Morgan fingerprint density at radius 2 is 2.06 bits per heavy atom. The van der Waals surface area contributed by atoms with Crippen molar-refractivity contribution in [2.45, 2.75) is 31.9 Å². The largest absolute Gasteiger partial charge is 0.493 e. The van der Waals surface area contributed by atoms with Crippen LogP contribution in [0.25, 0.3) is 0 Å². The fourth-order valence-electron chi connectivity index (χ4n) is 2.11. The second-order valence-electron chi connectivity index (χ2n) is 4.18. The van der Waals surface area contributed by atoms with E-state index in [4.69, 9.17) is 9.47 Å². The minimum absolute atomic E-state index is 0.179. The normalized spacial score (nSPS) is 21.8. The number of benzene rings is 1. The van der Waals surface area contributed by atoms with Crippen molar-refractivity contribution in [2.75, 3.05) is 13.7 Å². The fraction of sp³-hybridized carbons (Fsp3) is 0.538. The molecule has 88 valence electrons. The van der Waals surface area contributed by atoms with Gasteiger partial charge in [0.15, 0.2) is 11.5 Å². The number of nitrogens with one attached hydrogen (secondary N) is 1. The molecule has 1 aromatic rings. The molecule has 0 amide bonds. The first-order chi connectivity index (χ1) is 7.81. The Labute approximate surface area is 96.8 Å². The summed E-state index contributed by atoms with van der Waals surface area (Å²) in [6, 6.07) is 8.25. The van der Waals surface area contributed by atoms with Gasteiger partial charge in [-0.3, -0.25) is 0 Å². The van der Waals surface area contributed by atoms with Gasteiger partial charge in [0.2, 0.25) is 0 Å². The lowest BCUT2D eigenvalue weighted by Gasteiger charge is -2.22. The van der Waals surface area contributed by atoms with Crippen molar-refractivity contribution in [3.8, 4) is 11.5 Å². The maximum absolute atomic E-state index is 5.93. The van der Waals surface area contributed by atoms with Gasteiger partial charge < -0.3 is 14.8 Å². The monoisotopic (exact) mass is 221 g/mol. The molecular weight excluding hydrogens is 202 g/mol. The Kier molecular flexibility index (Phi) is 3.67. The number of ether oxygens (including phenoxy) is 2. The van der Waals surface area contributed by atoms with E-state index in [2.05, 4.69) is 12.2 Å². The van der Waals surface area contributed by atoms with E-state index in [0.717, 1.165) is 18.0 Å². The average molecular weight is 221 g/mol. The van der Waals surface area contributed by atoms with Crippen molar-refractivity contribution in [1.82, 2.24) is 5.32 Å². The van der Waals surface area contributed by atoms with Crippen molar-refractivity contribution >= 4 is 0 Å². The molecular formula is C13H19NO2. The molecule has 0 aromatic heterocycles. The third kappa shape index (κ3) is 2.47. The molecule has 1 heterocycles. The molecule has 2 rings (SSSR count). The Balaban J connectivity index is 2.01. The maximum Gasteiger partial charge on any atom is 0.161 e. The van der Waals surface area contributed by atoms with Crippen LogP contribution in [0.15, 0.2) is 24.3 Å². The molecule has 0 saturated carbocycles. The number of methoxy groups -OCH3 is 1. The van der Waals surface area contributed by atoms with Crippen LogP contribution in [-0.4, -0.2) is 25.8 Å². The van der Waals surface area contributed by atoms with Gasteiger partial charge in [0.05, 0.1) is 7.11 Å². The summed E-state index contributed by atoms with van der Waals surface area (Å²) in [5, 5.41) is 3.45. The van der Waals surface area contributed by atoms with Gasteiger partial charge in [-0.2, -0.15) is 0 Å². The molecule has 1 fully saturated rings. The summed E-state index contributed by atoms with van der Waals surface area (Å²) in [7, 11) is 1.67. The Bertz CT molecular complexity index is 334. The maximum atomic E-state index is 5.93.